The Morgan fingerprint density at radius 1 is 1.42 bits per heavy atom. The highest BCUT2D eigenvalue weighted by atomic mass is 16.6. The zero-order valence-electron chi connectivity index (χ0n) is 11.0. The SMILES string of the molecule is CCN(c1ccc([N+](=O)[O-])cc1C=O)C1CCCC1. The van der Waals surface area contributed by atoms with Gasteiger partial charge in [-0.05, 0) is 25.8 Å². The molecule has 5 heteroatoms. The summed E-state index contributed by atoms with van der Waals surface area (Å²) in [5.74, 6) is 0. The van der Waals surface area contributed by atoms with Crippen molar-refractivity contribution in [2.45, 2.75) is 38.6 Å². The smallest absolute Gasteiger partial charge is 0.270 e. The van der Waals surface area contributed by atoms with E-state index in [0.29, 0.717) is 17.9 Å². The van der Waals surface area contributed by atoms with Crippen molar-refractivity contribution in [3.63, 3.8) is 0 Å². The summed E-state index contributed by atoms with van der Waals surface area (Å²) in [6.45, 7) is 2.86. The van der Waals surface area contributed by atoms with E-state index in [1.807, 2.05) is 6.92 Å². The lowest BCUT2D eigenvalue weighted by Crippen LogP contribution is -2.33. The van der Waals surface area contributed by atoms with Crippen LogP contribution in [-0.4, -0.2) is 23.8 Å². The lowest BCUT2D eigenvalue weighted by Gasteiger charge is -2.30. The molecule has 0 heterocycles. The maximum atomic E-state index is 11.2. The Kier molecular flexibility index (Phi) is 4.14. The summed E-state index contributed by atoms with van der Waals surface area (Å²) in [5.41, 5.74) is 1.19. The number of rotatable bonds is 5. The molecule has 0 atom stereocenters. The van der Waals surface area contributed by atoms with Crippen LogP contribution in [0.2, 0.25) is 0 Å². The summed E-state index contributed by atoms with van der Waals surface area (Å²) < 4.78 is 0. The Morgan fingerprint density at radius 2 is 2.11 bits per heavy atom. The quantitative estimate of drug-likeness (QED) is 0.464. The lowest BCUT2D eigenvalue weighted by molar-refractivity contribution is -0.384. The lowest BCUT2D eigenvalue weighted by atomic mass is 10.1. The summed E-state index contributed by atoms with van der Waals surface area (Å²) in [4.78, 5) is 23.7. The van der Waals surface area contributed by atoms with Crippen LogP contribution in [0.15, 0.2) is 18.2 Å². The van der Waals surface area contributed by atoms with Crippen molar-refractivity contribution in [3.8, 4) is 0 Å². The third kappa shape index (κ3) is 2.75. The summed E-state index contributed by atoms with van der Waals surface area (Å²) in [5, 5.41) is 10.8. The normalized spacial score (nSPS) is 15.4. The third-order valence-corrected chi connectivity index (χ3v) is 3.76. The number of carbonyl (C=O) groups excluding carboxylic acids is 1. The molecule has 0 bridgehead atoms. The van der Waals surface area contributed by atoms with Crippen LogP contribution in [0, 0.1) is 10.1 Å². The Balaban J connectivity index is 2.36. The standard InChI is InChI=1S/C14H18N2O3/c1-2-15(12-5-3-4-6-12)14-8-7-13(16(18)19)9-11(14)10-17/h7-10,12H,2-6H2,1H3. The van der Waals surface area contributed by atoms with Gasteiger partial charge in [0.25, 0.3) is 5.69 Å². The monoisotopic (exact) mass is 262 g/mol. The molecule has 0 N–H and O–H groups in total. The van der Waals surface area contributed by atoms with Gasteiger partial charge in [0.1, 0.15) is 0 Å². The molecule has 2 rings (SSSR count). The number of nitrogens with zero attached hydrogens (tertiary/aromatic N) is 2. The molecule has 1 aromatic rings. The van der Waals surface area contributed by atoms with Crippen molar-refractivity contribution in [2.75, 3.05) is 11.4 Å². The van der Waals surface area contributed by atoms with Crippen LogP contribution < -0.4 is 4.90 Å². The first-order valence-electron chi connectivity index (χ1n) is 6.67. The Bertz CT molecular complexity index is 482. The number of hydrogen-bond acceptors (Lipinski definition) is 4. The van der Waals surface area contributed by atoms with E-state index in [1.54, 1.807) is 6.07 Å². The first-order valence-corrected chi connectivity index (χ1v) is 6.67. The zero-order valence-corrected chi connectivity index (χ0v) is 11.0. The second-order valence-electron chi connectivity index (χ2n) is 4.84. The van der Waals surface area contributed by atoms with Crippen LogP contribution in [0.1, 0.15) is 43.0 Å². The summed E-state index contributed by atoms with van der Waals surface area (Å²) in [6, 6.07) is 4.98. The average Bonchev–Trinajstić information content (AvgIpc) is 2.93. The number of nitro groups is 1. The van der Waals surface area contributed by atoms with Gasteiger partial charge >= 0.3 is 0 Å². The molecule has 102 valence electrons. The predicted octanol–water partition coefficient (Wildman–Crippen LogP) is 3.18. The predicted molar refractivity (Wildman–Crippen MR) is 73.8 cm³/mol. The molecule has 0 aromatic heterocycles. The molecule has 0 unspecified atom stereocenters. The minimum absolute atomic E-state index is 0.0340. The van der Waals surface area contributed by atoms with Crippen LogP contribution >= 0.6 is 0 Å². The Hall–Kier alpha value is -1.91. The number of carbonyl (C=O) groups is 1. The molecule has 0 saturated heterocycles. The van der Waals surface area contributed by atoms with E-state index in [0.717, 1.165) is 25.1 Å². The molecule has 0 radical (unpaired) electrons. The highest BCUT2D eigenvalue weighted by Gasteiger charge is 2.24. The molecule has 1 aliphatic rings. The second-order valence-corrected chi connectivity index (χ2v) is 4.84. The Labute approximate surface area is 112 Å². The van der Waals surface area contributed by atoms with Gasteiger partial charge in [0.05, 0.1) is 4.92 Å². The van der Waals surface area contributed by atoms with Crippen LogP contribution in [0.25, 0.3) is 0 Å². The van der Waals surface area contributed by atoms with E-state index in [2.05, 4.69) is 4.90 Å². The number of non-ortho nitro benzene ring substituents is 1. The largest absolute Gasteiger partial charge is 0.368 e. The van der Waals surface area contributed by atoms with Crippen molar-refractivity contribution in [2.24, 2.45) is 0 Å². The van der Waals surface area contributed by atoms with Crippen molar-refractivity contribution in [1.82, 2.24) is 0 Å². The molecule has 5 nitrogen and oxygen atoms in total. The van der Waals surface area contributed by atoms with Gasteiger partial charge in [-0.15, -0.1) is 0 Å². The van der Waals surface area contributed by atoms with Gasteiger partial charge in [0, 0.05) is 36.0 Å². The van der Waals surface area contributed by atoms with Gasteiger partial charge in [0.15, 0.2) is 6.29 Å². The molecular weight excluding hydrogens is 244 g/mol. The topological polar surface area (TPSA) is 63.4 Å². The highest BCUT2D eigenvalue weighted by Crippen LogP contribution is 2.31. The molecule has 0 aliphatic heterocycles. The third-order valence-electron chi connectivity index (χ3n) is 3.76. The molecule has 0 amide bonds. The van der Waals surface area contributed by atoms with Crippen LogP contribution in [0.4, 0.5) is 11.4 Å². The van der Waals surface area contributed by atoms with E-state index < -0.39 is 4.92 Å². The molecular formula is C14H18N2O3. The maximum absolute atomic E-state index is 11.2. The van der Waals surface area contributed by atoms with Gasteiger partial charge < -0.3 is 4.90 Å². The first kappa shape index (κ1) is 13.5. The van der Waals surface area contributed by atoms with Gasteiger partial charge in [-0.25, -0.2) is 0 Å². The van der Waals surface area contributed by atoms with Gasteiger partial charge in [0.2, 0.25) is 0 Å². The van der Waals surface area contributed by atoms with Crippen molar-refractivity contribution in [3.05, 3.63) is 33.9 Å². The zero-order chi connectivity index (χ0) is 13.8. The van der Waals surface area contributed by atoms with Crippen molar-refractivity contribution in [1.29, 1.82) is 0 Å². The first-order chi connectivity index (χ1) is 9.17. The van der Waals surface area contributed by atoms with E-state index >= 15 is 0 Å². The summed E-state index contributed by atoms with van der Waals surface area (Å²) in [7, 11) is 0. The molecule has 1 aliphatic carbocycles. The van der Waals surface area contributed by atoms with Crippen LogP contribution in [0.5, 0.6) is 0 Å². The highest BCUT2D eigenvalue weighted by molar-refractivity contribution is 5.86. The Morgan fingerprint density at radius 3 is 2.63 bits per heavy atom. The van der Waals surface area contributed by atoms with Crippen LogP contribution in [-0.2, 0) is 0 Å². The van der Waals surface area contributed by atoms with Crippen molar-refractivity contribution >= 4 is 17.7 Å². The van der Waals surface area contributed by atoms with Crippen LogP contribution in [0.3, 0.4) is 0 Å². The summed E-state index contributed by atoms with van der Waals surface area (Å²) >= 11 is 0. The van der Waals surface area contributed by atoms with E-state index in [1.165, 1.54) is 25.0 Å². The van der Waals surface area contributed by atoms with E-state index in [-0.39, 0.29) is 5.69 Å². The molecule has 0 spiro atoms. The maximum Gasteiger partial charge on any atom is 0.270 e. The fourth-order valence-corrected chi connectivity index (χ4v) is 2.85. The minimum Gasteiger partial charge on any atom is -0.368 e. The molecule has 1 aromatic carbocycles. The summed E-state index contributed by atoms with van der Waals surface area (Å²) in [6.07, 6.45) is 5.39. The fraction of sp³-hybridized carbons (Fsp3) is 0.500. The van der Waals surface area contributed by atoms with E-state index in [4.69, 9.17) is 0 Å². The number of anilines is 1. The van der Waals surface area contributed by atoms with Crippen molar-refractivity contribution < 1.29 is 9.72 Å². The number of nitro benzene ring substituents is 1. The minimum atomic E-state index is -0.470. The van der Waals surface area contributed by atoms with Gasteiger partial charge in [-0.2, -0.15) is 0 Å². The van der Waals surface area contributed by atoms with Gasteiger partial charge in [-0.3, -0.25) is 14.9 Å². The fourth-order valence-electron chi connectivity index (χ4n) is 2.85. The average molecular weight is 262 g/mol. The molecule has 1 saturated carbocycles. The number of hydrogen-bond donors (Lipinski definition) is 0. The van der Waals surface area contributed by atoms with E-state index in [9.17, 15) is 14.9 Å². The van der Waals surface area contributed by atoms with Gasteiger partial charge in [-0.1, -0.05) is 12.8 Å². The molecule has 1 fully saturated rings. The number of benzene rings is 1. The molecule has 19 heavy (non-hydrogen) atoms. The second kappa shape index (κ2) is 5.82. The number of aldehydes is 1.